The zero-order valence-electron chi connectivity index (χ0n) is 10.2. The Morgan fingerprint density at radius 3 is 2.65 bits per heavy atom. The molecule has 3 aromatic rings. The van der Waals surface area contributed by atoms with Gasteiger partial charge in [0.25, 0.3) is 0 Å². The number of H-pyrrole nitrogens is 1. The summed E-state index contributed by atoms with van der Waals surface area (Å²) in [6, 6.07) is 10.3. The van der Waals surface area contributed by atoms with Crippen molar-refractivity contribution in [1.29, 1.82) is 0 Å². The van der Waals surface area contributed by atoms with Crippen LogP contribution < -0.4 is 0 Å². The van der Waals surface area contributed by atoms with E-state index in [-0.39, 0.29) is 11.4 Å². The van der Waals surface area contributed by atoms with Crippen molar-refractivity contribution in [2.75, 3.05) is 0 Å². The summed E-state index contributed by atoms with van der Waals surface area (Å²) in [7, 11) is 0. The van der Waals surface area contributed by atoms with Crippen LogP contribution in [0.4, 0.5) is 4.39 Å². The van der Waals surface area contributed by atoms with Crippen LogP contribution in [0.2, 0.25) is 0 Å². The maximum absolute atomic E-state index is 13.3. The van der Waals surface area contributed by atoms with Crippen molar-refractivity contribution < 1.29 is 19.4 Å². The van der Waals surface area contributed by atoms with Gasteiger partial charge in [-0.1, -0.05) is 12.1 Å². The Morgan fingerprint density at radius 1 is 1.10 bits per heavy atom. The van der Waals surface area contributed by atoms with E-state index < -0.39 is 11.8 Å². The number of hydrogen-bond acceptors (Lipinski definition) is 2. The van der Waals surface area contributed by atoms with Crippen molar-refractivity contribution in [3.05, 3.63) is 54.0 Å². The number of aromatic nitrogens is 1. The first-order valence-electron chi connectivity index (χ1n) is 5.89. The second kappa shape index (κ2) is 4.38. The number of carboxylic acid groups (broad SMARTS) is 1. The molecule has 0 aliphatic rings. The molecule has 0 saturated carbocycles. The second-order valence-corrected chi connectivity index (χ2v) is 4.45. The molecule has 0 amide bonds. The Morgan fingerprint density at radius 2 is 1.90 bits per heavy atom. The third-order valence-electron chi connectivity index (χ3n) is 3.12. The fraction of sp³-hybridized carbons (Fsp3) is 0. The van der Waals surface area contributed by atoms with E-state index in [1.807, 2.05) is 0 Å². The number of aromatic amines is 1. The van der Waals surface area contributed by atoms with Gasteiger partial charge in [-0.15, -0.1) is 0 Å². The van der Waals surface area contributed by atoms with E-state index in [1.54, 1.807) is 18.2 Å². The highest BCUT2D eigenvalue weighted by atomic mass is 19.1. The summed E-state index contributed by atoms with van der Waals surface area (Å²) in [5, 5.41) is 19.5. The Balaban J connectivity index is 2.17. The van der Waals surface area contributed by atoms with Crippen LogP contribution in [0, 0.1) is 5.82 Å². The highest BCUT2D eigenvalue weighted by Crippen LogP contribution is 2.31. The third-order valence-corrected chi connectivity index (χ3v) is 3.12. The molecule has 0 aliphatic heterocycles. The van der Waals surface area contributed by atoms with Crippen molar-refractivity contribution in [1.82, 2.24) is 4.98 Å². The molecule has 0 radical (unpaired) electrons. The van der Waals surface area contributed by atoms with Gasteiger partial charge in [0.15, 0.2) is 0 Å². The normalized spacial score (nSPS) is 10.8. The molecule has 20 heavy (non-hydrogen) atoms. The number of aromatic carboxylic acids is 1. The lowest BCUT2D eigenvalue weighted by molar-refractivity contribution is 0.0691. The van der Waals surface area contributed by atoms with E-state index in [0.717, 1.165) is 5.39 Å². The van der Waals surface area contributed by atoms with Crippen molar-refractivity contribution in [2.24, 2.45) is 0 Å². The fourth-order valence-electron chi connectivity index (χ4n) is 2.15. The van der Waals surface area contributed by atoms with Crippen molar-refractivity contribution >= 4 is 16.9 Å². The number of fused-ring (bicyclic) bond motifs is 1. The quantitative estimate of drug-likeness (QED) is 0.669. The molecule has 3 rings (SSSR count). The molecule has 2 aromatic carbocycles. The van der Waals surface area contributed by atoms with E-state index in [4.69, 9.17) is 5.11 Å². The number of benzene rings is 2. The number of phenolic OH excluding ortho intramolecular Hbond substituents is 1. The molecule has 1 heterocycles. The molecule has 4 nitrogen and oxygen atoms in total. The molecule has 0 spiro atoms. The third kappa shape index (κ3) is 1.99. The molecule has 0 saturated heterocycles. The lowest BCUT2D eigenvalue weighted by Crippen LogP contribution is -1.94. The van der Waals surface area contributed by atoms with Gasteiger partial charge in [0, 0.05) is 16.5 Å². The number of nitrogens with one attached hydrogen (secondary N) is 1. The minimum atomic E-state index is -1.05. The Hall–Kier alpha value is -2.82. The zero-order chi connectivity index (χ0) is 14.3. The van der Waals surface area contributed by atoms with Crippen LogP contribution >= 0.6 is 0 Å². The number of aromatic hydroxyl groups is 1. The molecular weight excluding hydrogens is 261 g/mol. The maximum atomic E-state index is 13.3. The van der Waals surface area contributed by atoms with Crippen LogP contribution in [0.3, 0.4) is 0 Å². The smallest absolute Gasteiger partial charge is 0.352 e. The summed E-state index contributed by atoms with van der Waals surface area (Å²) in [6.07, 6.45) is 0. The summed E-state index contributed by atoms with van der Waals surface area (Å²) < 4.78 is 13.3. The van der Waals surface area contributed by atoms with Crippen LogP contribution in [0.1, 0.15) is 10.5 Å². The lowest BCUT2D eigenvalue weighted by Gasteiger charge is -2.05. The standard InChI is InChI=1S/C15H10FNO3/c16-10-3-4-14(18)11(7-10)8-1-2-9-6-13(15(19)20)17-12(9)5-8/h1-7,17-18H,(H,19,20). The SMILES string of the molecule is O=C(O)c1cc2ccc(-c3cc(F)ccc3O)cc2[nH]1. The fourth-order valence-corrected chi connectivity index (χ4v) is 2.15. The number of rotatable bonds is 2. The molecule has 3 N–H and O–H groups in total. The predicted octanol–water partition coefficient (Wildman–Crippen LogP) is 3.38. The summed E-state index contributed by atoms with van der Waals surface area (Å²) in [6.45, 7) is 0. The van der Waals surface area contributed by atoms with Crippen LogP contribution in [-0.4, -0.2) is 21.2 Å². The Bertz CT molecular complexity index is 823. The van der Waals surface area contributed by atoms with Crippen LogP contribution in [0.25, 0.3) is 22.0 Å². The van der Waals surface area contributed by atoms with Gasteiger partial charge in [0.2, 0.25) is 0 Å². The minimum Gasteiger partial charge on any atom is -0.507 e. The largest absolute Gasteiger partial charge is 0.507 e. The van der Waals surface area contributed by atoms with Gasteiger partial charge in [-0.2, -0.15) is 0 Å². The lowest BCUT2D eigenvalue weighted by atomic mass is 10.0. The van der Waals surface area contributed by atoms with Crippen molar-refractivity contribution in [3.8, 4) is 16.9 Å². The minimum absolute atomic E-state index is 0.0317. The number of hydrogen-bond donors (Lipinski definition) is 3. The molecule has 0 bridgehead atoms. The molecule has 0 fully saturated rings. The van der Waals surface area contributed by atoms with E-state index in [2.05, 4.69) is 4.98 Å². The number of halogens is 1. The predicted molar refractivity (Wildman–Crippen MR) is 72.3 cm³/mol. The second-order valence-electron chi connectivity index (χ2n) is 4.45. The first-order valence-corrected chi connectivity index (χ1v) is 5.89. The average molecular weight is 271 g/mol. The molecule has 0 unspecified atom stereocenters. The number of carboxylic acids is 1. The van der Waals surface area contributed by atoms with Gasteiger partial charge in [0.05, 0.1) is 0 Å². The first kappa shape index (κ1) is 12.2. The Labute approximate surface area is 113 Å². The van der Waals surface area contributed by atoms with Gasteiger partial charge in [-0.3, -0.25) is 0 Å². The highest BCUT2D eigenvalue weighted by Gasteiger charge is 2.10. The van der Waals surface area contributed by atoms with E-state index in [0.29, 0.717) is 16.6 Å². The number of phenols is 1. The van der Waals surface area contributed by atoms with Crippen LogP contribution in [0.5, 0.6) is 5.75 Å². The summed E-state index contributed by atoms with van der Waals surface area (Å²) in [5.74, 6) is -1.53. The van der Waals surface area contributed by atoms with Crippen molar-refractivity contribution in [2.45, 2.75) is 0 Å². The number of carbonyl (C=O) groups is 1. The van der Waals surface area contributed by atoms with Gasteiger partial charge >= 0.3 is 5.97 Å². The molecule has 100 valence electrons. The first-order chi connectivity index (χ1) is 9.54. The maximum Gasteiger partial charge on any atom is 0.352 e. The van der Waals surface area contributed by atoms with Gasteiger partial charge < -0.3 is 15.2 Å². The van der Waals surface area contributed by atoms with Gasteiger partial charge in [-0.05, 0) is 35.9 Å². The summed E-state index contributed by atoms with van der Waals surface area (Å²) >= 11 is 0. The van der Waals surface area contributed by atoms with Gasteiger partial charge in [0.1, 0.15) is 17.3 Å². The summed E-state index contributed by atoms with van der Waals surface area (Å²) in [5.41, 5.74) is 1.66. The highest BCUT2D eigenvalue weighted by molar-refractivity contribution is 5.95. The average Bonchev–Trinajstić information content (AvgIpc) is 2.84. The Kier molecular flexibility index (Phi) is 2.68. The van der Waals surface area contributed by atoms with Crippen LogP contribution in [0.15, 0.2) is 42.5 Å². The molecule has 0 atom stereocenters. The van der Waals surface area contributed by atoms with Crippen LogP contribution in [-0.2, 0) is 0 Å². The van der Waals surface area contributed by atoms with Gasteiger partial charge in [-0.25, -0.2) is 9.18 Å². The van der Waals surface area contributed by atoms with E-state index >= 15 is 0 Å². The monoisotopic (exact) mass is 271 g/mol. The molecule has 5 heteroatoms. The van der Waals surface area contributed by atoms with E-state index in [9.17, 15) is 14.3 Å². The van der Waals surface area contributed by atoms with E-state index in [1.165, 1.54) is 24.3 Å². The van der Waals surface area contributed by atoms with Crippen molar-refractivity contribution in [3.63, 3.8) is 0 Å². The molecule has 1 aromatic heterocycles. The molecule has 0 aliphatic carbocycles. The zero-order valence-corrected chi connectivity index (χ0v) is 10.2. The molecular formula is C15H10FNO3. The summed E-state index contributed by atoms with van der Waals surface area (Å²) in [4.78, 5) is 13.7. The topological polar surface area (TPSA) is 73.3 Å².